The van der Waals surface area contributed by atoms with Crippen LogP contribution in [0.1, 0.15) is 49.0 Å². The van der Waals surface area contributed by atoms with E-state index >= 15 is 0 Å². The molecule has 0 saturated carbocycles. The van der Waals surface area contributed by atoms with Crippen LogP contribution in [0.3, 0.4) is 0 Å². The standard InChI is InChI=1S/C19H22N2OS/c1-4-13(2)17-7-5-6-8-18(17)21-19(23)20-16-11-9-15(10-12-16)14(3)22/h5-13H,4H2,1-3H3,(H2,20,21,23). The van der Waals surface area contributed by atoms with E-state index in [9.17, 15) is 4.79 Å². The summed E-state index contributed by atoms with van der Waals surface area (Å²) in [5.41, 5.74) is 3.83. The molecule has 2 aromatic rings. The summed E-state index contributed by atoms with van der Waals surface area (Å²) in [6.07, 6.45) is 1.07. The van der Waals surface area contributed by atoms with E-state index < -0.39 is 0 Å². The van der Waals surface area contributed by atoms with Crippen LogP contribution in [0.25, 0.3) is 0 Å². The van der Waals surface area contributed by atoms with Crippen molar-refractivity contribution in [3.05, 3.63) is 59.7 Å². The molecule has 1 unspecified atom stereocenters. The lowest BCUT2D eigenvalue weighted by Gasteiger charge is -2.17. The van der Waals surface area contributed by atoms with Crippen LogP contribution in [0.5, 0.6) is 0 Å². The number of carbonyl (C=O) groups excluding carboxylic acids is 1. The number of hydrogen-bond donors (Lipinski definition) is 2. The number of carbonyl (C=O) groups is 1. The minimum Gasteiger partial charge on any atom is -0.332 e. The second kappa shape index (κ2) is 7.88. The molecule has 0 fully saturated rings. The van der Waals surface area contributed by atoms with E-state index in [-0.39, 0.29) is 5.78 Å². The van der Waals surface area contributed by atoms with E-state index in [1.54, 1.807) is 19.1 Å². The minimum atomic E-state index is 0.0553. The molecular formula is C19H22N2OS. The molecule has 0 heterocycles. The SMILES string of the molecule is CCC(C)c1ccccc1NC(=S)Nc1ccc(C(C)=O)cc1. The monoisotopic (exact) mass is 326 g/mol. The average molecular weight is 326 g/mol. The van der Waals surface area contributed by atoms with Crippen molar-refractivity contribution >= 4 is 34.5 Å². The van der Waals surface area contributed by atoms with E-state index in [2.05, 4.69) is 30.5 Å². The number of anilines is 2. The highest BCUT2D eigenvalue weighted by Crippen LogP contribution is 2.26. The predicted octanol–water partition coefficient (Wildman–Crippen LogP) is 5.21. The molecule has 0 bridgehead atoms. The first-order valence-electron chi connectivity index (χ1n) is 7.79. The van der Waals surface area contributed by atoms with Gasteiger partial charge in [0.2, 0.25) is 0 Å². The summed E-state index contributed by atoms with van der Waals surface area (Å²) in [6.45, 7) is 5.94. The Morgan fingerprint density at radius 3 is 2.35 bits per heavy atom. The fourth-order valence-corrected chi connectivity index (χ4v) is 2.56. The van der Waals surface area contributed by atoms with Gasteiger partial charge in [-0.25, -0.2) is 0 Å². The van der Waals surface area contributed by atoms with Crippen LogP contribution in [0.2, 0.25) is 0 Å². The van der Waals surface area contributed by atoms with Gasteiger partial charge in [0.1, 0.15) is 0 Å². The molecule has 0 aliphatic carbocycles. The van der Waals surface area contributed by atoms with Crippen molar-refractivity contribution in [2.45, 2.75) is 33.1 Å². The molecule has 3 nitrogen and oxygen atoms in total. The second-order valence-corrected chi connectivity index (χ2v) is 6.02. The molecule has 2 aromatic carbocycles. The van der Waals surface area contributed by atoms with Gasteiger partial charge in [0.05, 0.1) is 0 Å². The Morgan fingerprint density at radius 2 is 1.74 bits per heavy atom. The van der Waals surface area contributed by atoms with Gasteiger partial charge in [-0.3, -0.25) is 4.79 Å². The van der Waals surface area contributed by atoms with E-state index in [0.717, 1.165) is 17.8 Å². The van der Waals surface area contributed by atoms with Gasteiger partial charge in [-0.2, -0.15) is 0 Å². The normalized spacial score (nSPS) is 11.6. The Kier molecular flexibility index (Phi) is 5.88. The quantitative estimate of drug-likeness (QED) is 0.584. The highest BCUT2D eigenvalue weighted by molar-refractivity contribution is 7.80. The van der Waals surface area contributed by atoms with Gasteiger partial charge < -0.3 is 10.6 Å². The third kappa shape index (κ3) is 4.63. The molecule has 0 aliphatic heterocycles. The molecule has 0 saturated heterocycles. The fraction of sp³-hybridized carbons (Fsp3) is 0.263. The van der Waals surface area contributed by atoms with Crippen molar-refractivity contribution in [2.24, 2.45) is 0 Å². The third-order valence-electron chi connectivity index (χ3n) is 3.90. The van der Waals surface area contributed by atoms with Crippen LogP contribution in [0.4, 0.5) is 11.4 Å². The number of benzene rings is 2. The van der Waals surface area contributed by atoms with Crippen LogP contribution in [-0.2, 0) is 0 Å². The molecule has 4 heteroatoms. The molecule has 2 N–H and O–H groups in total. The van der Waals surface area contributed by atoms with Gasteiger partial charge in [0.25, 0.3) is 0 Å². The smallest absolute Gasteiger partial charge is 0.175 e. The maximum absolute atomic E-state index is 11.3. The zero-order valence-corrected chi connectivity index (χ0v) is 14.5. The Balaban J connectivity index is 2.06. The summed E-state index contributed by atoms with van der Waals surface area (Å²) in [7, 11) is 0. The lowest BCUT2D eigenvalue weighted by Crippen LogP contribution is -2.20. The van der Waals surface area contributed by atoms with E-state index in [1.807, 2.05) is 30.3 Å². The molecule has 0 aliphatic rings. The number of thiocarbonyl (C=S) groups is 1. The second-order valence-electron chi connectivity index (χ2n) is 5.61. The van der Waals surface area contributed by atoms with Crippen LogP contribution in [0, 0.1) is 0 Å². The van der Waals surface area contributed by atoms with Gasteiger partial charge in [-0.15, -0.1) is 0 Å². The summed E-state index contributed by atoms with van der Waals surface area (Å²) in [5, 5.41) is 6.95. The number of para-hydroxylation sites is 1. The first-order valence-corrected chi connectivity index (χ1v) is 8.20. The summed E-state index contributed by atoms with van der Waals surface area (Å²) >= 11 is 5.40. The first-order chi connectivity index (χ1) is 11.0. The predicted molar refractivity (Wildman–Crippen MR) is 101 cm³/mol. The van der Waals surface area contributed by atoms with Gasteiger partial charge >= 0.3 is 0 Å². The molecular weight excluding hydrogens is 304 g/mol. The lowest BCUT2D eigenvalue weighted by atomic mass is 9.97. The van der Waals surface area contributed by atoms with Crippen LogP contribution >= 0.6 is 12.2 Å². The first kappa shape index (κ1) is 17.2. The molecule has 0 spiro atoms. The van der Waals surface area contributed by atoms with Gasteiger partial charge in [0.15, 0.2) is 10.9 Å². The van der Waals surface area contributed by atoms with Crippen LogP contribution < -0.4 is 10.6 Å². The number of nitrogens with one attached hydrogen (secondary N) is 2. The molecule has 2 rings (SSSR count). The van der Waals surface area contributed by atoms with Crippen molar-refractivity contribution in [3.8, 4) is 0 Å². The zero-order chi connectivity index (χ0) is 16.8. The molecule has 0 aromatic heterocycles. The van der Waals surface area contributed by atoms with E-state index in [4.69, 9.17) is 12.2 Å². The summed E-state index contributed by atoms with van der Waals surface area (Å²) in [6, 6.07) is 15.5. The van der Waals surface area contributed by atoms with E-state index in [0.29, 0.717) is 16.6 Å². The Morgan fingerprint density at radius 1 is 1.09 bits per heavy atom. The van der Waals surface area contributed by atoms with Crippen molar-refractivity contribution < 1.29 is 4.79 Å². The van der Waals surface area contributed by atoms with Crippen LogP contribution in [-0.4, -0.2) is 10.9 Å². The minimum absolute atomic E-state index is 0.0553. The number of ketones is 1. The summed E-state index contributed by atoms with van der Waals surface area (Å²) < 4.78 is 0. The Bertz CT molecular complexity index is 695. The Hall–Kier alpha value is -2.20. The average Bonchev–Trinajstić information content (AvgIpc) is 2.55. The van der Waals surface area contributed by atoms with Crippen LogP contribution in [0.15, 0.2) is 48.5 Å². The molecule has 23 heavy (non-hydrogen) atoms. The Labute approximate surface area is 143 Å². The molecule has 0 amide bonds. The largest absolute Gasteiger partial charge is 0.332 e. The van der Waals surface area contributed by atoms with Gasteiger partial charge in [-0.05, 0) is 67.4 Å². The molecule has 1 atom stereocenters. The summed E-state index contributed by atoms with van der Waals surface area (Å²) in [4.78, 5) is 11.3. The molecule has 120 valence electrons. The highest BCUT2D eigenvalue weighted by atomic mass is 32.1. The molecule has 0 radical (unpaired) electrons. The fourth-order valence-electron chi connectivity index (χ4n) is 2.33. The van der Waals surface area contributed by atoms with Crippen molar-refractivity contribution in [2.75, 3.05) is 10.6 Å². The highest BCUT2D eigenvalue weighted by Gasteiger charge is 2.09. The van der Waals surface area contributed by atoms with Gasteiger partial charge in [0, 0.05) is 16.9 Å². The topological polar surface area (TPSA) is 41.1 Å². The number of hydrogen-bond acceptors (Lipinski definition) is 2. The summed E-state index contributed by atoms with van der Waals surface area (Å²) in [5.74, 6) is 0.524. The lowest BCUT2D eigenvalue weighted by molar-refractivity contribution is 0.101. The maximum Gasteiger partial charge on any atom is 0.175 e. The maximum atomic E-state index is 11.3. The van der Waals surface area contributed by atoms with Crippen molar-refractivity contribution in [1.29, 1.82) is 0 Å². The van der Waals surface area contributed by atoms with Gasteiger partial charge in [-0.1, -0.05) is 32.0 Å². The van der Waals surface area contributed by atoms with Crippen molar-refractivity contribution in [1.82, 2.24) is 0 Å². The number of Topliss-reactive ketones (excluding diaryl/α,β-unsaturated/α-hetero) is 1. The zero-order valence-electron chi connectivity index (χ0n) is 13.7. The van der Waals surface area contributed by atoms with Crippen molar-refractivity contribution in [3.63, 3.8) is 0 Å². The third-order valence-corrected chi connectivity index (χ3v) is 4.11. The number of rotatable bonds is 5. The van der Waals surface area contributed by atoms with E-state index in [1.165, 1.54) is 5.56 Å².